The van der Waals surface area contributed by atoms with E-state index in [0.717, 1.165) is 24.0 Å². The third-order valence-electron chi connectivity index (χ3n) is 6.89. The van der Waals surface area contributed by atoms with Crippen molar-refractivity contribution in [3.63, 3.8) is 0 Å². The minimum Gasteiger partial charge on any atom is -0.507 e. The van der Waals surface area contributed by atoms with Crippen molar-refractivity contribution in [3.8, 4) is 34.0 Å². The molecule has 6 nitrogen and oxygen atoms in total. The summed E-state index contributed by atoms with van der Waals surface area (Å²) in [7, 11) is 0. The Balaban J connectivity index is 1.31. The second-order valence-corrected chi connectivity index (χ2v) is 9.78. The summed E-state index contributed by atoms with van der Waals surface area (Å²) in [5.74, 6) is 0.725. The van der Waals surface area contributed by atoms with Gasteiger partial charge in [-0.3, -0.25) is 5.10 Å². The van der Waals surface area contributed by atoms with Gasteiger partial charge < -0.3 is 9.84 Å². The first-order valence-corrected chi connectivity index (χ1v) is 10.7. The molecule has 156 valence electrons. The summed E-state index contributed by atoms with van der Waals surface area (Å²) in [6.45, 7) is 4.81. The molecule has 2 heterocycles. The van der Waals surface area contributed by atoms with Gasteiger partial charge in [0.1, 0.15) is 11.9 Å². The number of aromatic nitrogens is 4. The smallest absolute Gasteiger partial charge is 0.233 e. The lowest BCUT2D eigenvalue weighted by Gasteiger charge is -2.51. The number of aromatic hydroxyl groups is 1. The molecule has 3 aromatic rings. The summed E-state index contributed by atoms with van der Waals surface area (Å²) in [6, 6.07) is 9.23. The molecule has 3 atom stereocenters. The van der Waals surface area contributed by atoms with Crippen LogP contribution in [0.4, 0.5) is 0 Å². The van der Waals surface area contributed by atoms with Gasteiger partial charge in [0.15, 0.2) is 0 Å². The van der Waals surface area contributed by atoms with E-state index < -0.39 is 0 Å². The van der Waals surface area contributed by atoms with Gasteiger partial charge in [0.25, 0.3) is 0 Å². The van der Waals surface area contributed by atoms with Crippen LogP contribution in [0.2, 0.25) is 0 Å². The van der Waals surface area contributed by atoms with Crippen molar-refractivity contribution in [2.75, 3.05) is 0 Å². The van der Waals surface area contributed by atoms with Crippen LogP contribution in [0.3, 0.4) is 0 Å². The highest BCUT2D eigenvalue weighted by Crippen LogP contribution is 2.55. The average molecular weight is 405 g/mol. The fourth-order valence-electron chi connectivity index (χ4n) is 5.79. The van der Waals surface area contributed by atoms with Crippen molar-refractivity contribution >= 4 is 0 Å². The first kappa shape index (κ1) is 19.1. The molecule has 0 amide bonds. The van der Waals surface area contributed by atoms with Gasteiger partial charge in [0.05, 0.1) is 11.9 Å². The van der Waals surface area contributed by atoms with Gasteiger partial charge in [0, 0.05) is 23.4 Å². The van der Waals surface area contributed by atoms with E-state index in [0.29, 0.717) is 28.0 Å². The molecule has 30 heavy (non-hydrogen) atoms. The minimum absolute atomic E-state index is 0.164. The molecule has 2 aromatic heterocycles. The Labute approximate surface area is 176 Å². The standard InChI is InChI=1S/C24H28N4O2/c1-23-8-3-9-24(2,15-23)12-18(11-23)30-22-7-6-20(27-28-22)19-5-4-16(10-21(19)29)17-13-25-26-14-17/h4-7,10,13-14,18,29H,3,8-9,11-12,15H2,1-2H3,(H,25,26)/t18?,23-,24+. The van der Waals surface area contributed by atoms with Crippen molar-refractivity contribution in [1.29, 1.82) is 0 Å². The van der Waals surface area contributed by atoms with E-state index in [1.54, 1.807) is 18.5 Å². The number of nitrogens with zero attached hydrogens (tertiary/aromatic N) is 3. The van der Waals surface area contributed by atoms with Gasteiger partial charge in [-0.15, -0.1) is 10.2 Å². The van der Waals surface area contributed by atoms with E-state index in [4.69, 9.17) is 4.74 Å². The van der Waals surface area contributed by atoms with Crippen LogP contribution in [0.5, 0.6) is 11.6 Å². The summed E-state index contributed by atoms with van der Waals surface area (Å²) >= 11 is 0. The number of hydrogen-bond acceptors (Lipinski definition) is 5. The van der Waals surface area contributed by atoms with Crippen LogP contribution in [0.25, 0.3) is 22.4 Å². The molecule has 2 N–H and O–H groups in total. The summed E-state index contributed by atoms with van der Waals surface area (Å²) in [4.78, 5) is 0. The molecular weight excluding hydrogens is 376 g/mol. The number of fused-ring (bicyclic) bond motifs is 2. The number of H-pyrrole nitrogens is 1. The Hall–Kier alpha value is -2.89. The van der Waals surface area contributed by atoms with Crippen molar-refractivity contribution in [2.45, 2.75) is 58.5 Å². The Morgan fingerprint density at radius 2 is 1.83 bits per heavy atom. The molecule has 1 unspecified atom stereocenters. The molecular formula is C24H28N4O2. The SMILES string of the molecule is C[C@]12CCC[C@](C)(CC(Oc3ccc(-c4ccc(-c5cn[nH]c5)cc4O)nn3)C1)C2. The molecule has 2 aliphatic carbocycles. The highest BCUT2D eigenvalue weighted by molar-refractivity contribution is 5.73. The van der Waals surface area contributed by atoms with Crippen LogP contribution >= 0.6 is 0 Å². The van der Waals surface area contributed by atoms with Crippen LogP contribution in [-0.2, 0) is 0 Å². The molecule has 5 rings (SSSR count). The summed E-state index contributed by atoms with van der Waals surface area (Å²) in [5.41, 5.74) is 3.85. The fraction of sp³-hybridized carbons (Fsp3) is 0.458. The second kappa shape index (κ2) is 7.11. The van der Waals surface area contributed by atoms with Crippen molar-refractivity contribution in [1.82, 2.24) is 20.4 Å². The molecule has 0 saturated heterocycles. The van der Waals surface area contributed by atoms with Gasteiger partial charge in [-0.1, -0.05) is 26.3 Å². The van der Waals surface area contributed by atoms with Crippen LogP contribution < -0.4 is 4.74 Å². The van der Waals surface area contributed by atoms with Crippen LogP contribution in [-0.4, -0.2) is 31.6 Å². The summed E-state index contributed by atoms with van der Waals surface area (Å²) in [6.07, 6.45) is 11.1. The number of aromatic amines is 1. The second-order valence-electron chi connectivity index (χ2n) is 9.78. The average Bonchev–Trinajstić information content (AvgIpc) is 3.22. The lowest BCUT2D eigenvalue weighted by Crippen LogP contribution is -2.45. The number of nitrogens with one attached hydrogen (secondary N) is 1. The molecule has 2 bridgehead atoms. The largest absolute Gasteiger partial charge is 0.507 e. The Kier molecular flexibility index (Phi) is 4.53. The van der Waals surface area contributed by atoms with Crippen LogP contribution in [0, 0.1) is 10.8 Å². The van der Waals surface area contributed by atoms with E-state index in [9.17, 15) is 5.11 Å². The maximum Gasteiger partial charge on any atom is 0.233 e. The van der Waals surface area contributed by atoms with Crippen molar-refractivity contribution in [2.24, 2.45) is 10.8 Å². The predicted octanol–water partition coefficient (Wildman–Crippen LogP) is 5.37. The van der Waals surface area contributed by atoms with Gasteiger partial charge in [-0.2, -0.15) is 5.10 Å². The minimum atomic E-state index is 0.164. The molecule has 0 aliphatic heterocycles. The monoisotopic (exact) mass is 404 g/mol. The summed E-state index contributed by atoms with van der Waals surface area (Å²) in [5, 5.41) is 25.9. The number of ether oxygens (including phenoxy) is 1. The molecule has 1 aromatic carbocycles. The molecule has 6 heteroatoms. The van der Waals surface area contributed by atoms with Crippen LogP contribution in [0.1, 0.15) is 52.4 Å². The molecule has 0 spiro atoms. The van der Waals surface area contributed by atoms with E-state index in [2.05, 4.69) is 34.2 Å². The van der Waals surface area contributed by atoms with Gasteiger partial charge in [0.2, 0.25) is 5.88 Å². The molecule has 2 aliphatic rings. The lowest BCUT2D eigenvalue weighted by atomic mass is 9.55. The Morgan fingerprint density at radius 3 is 2.47 bits per heavy atom. The third-order valence-corrected chi connectivity index (χ3v) is 6.89. The van der Waals surface area contributed by atoms with Crippen molar-refractivity contribution < 1.29 is 9.84 Å². The topological polar surface area (TPSA) is 83.9 Å². The third kappa shape index (κ3) is 3.66. The van der Waals surface area contributed by atoms with Gasteiger partial charge in [-0.25, -0.2) is 0 Å². The fourth-order valence-corrected chi connectivity index (χ4v) is 5.79. The summed E-state index contributed by atoms with van der Waals surface area (Å²) < 4.78 is 6.26. The quantitative estimate of drug-likeness (QED) is 0.611. The maximum atomic E-state index is 10.5. The zero-order chi connectivity index (χ0) is 20.8. The first-order valence-electron chi connectivity index (χ1n) is 10.7. The Morgan fingerprint density at radius 1 is 1.03 bits per heavy atom. The number of benzene rings is 1. The maximum absolute atomic E-state index is 10.5. The number of phenols is 1. The number of phenolic OH excluding ortho intramolecular Hbond substituents is 1. The number of hydrogen-bond donors (Lipinski definition) is 2. The van der Waals surface area contributed by atoms with Crippen molar-refractivity contribution in [3.05, 3.63) is 42.7 Å². The highest BCUT2D eigenvalue weighted by Gasteiger charge is 2.47. The first-order chi connectivity index (χ1) is 14.4. The zero-order valence-corrected chi connectivity index (χ0v) is 17.6. The van der Waals surface area contributed by atoms with E-state index in [-0.39, 0.29) is 11.9 Å². The predicted molar refractivity (Wildman–Crippen MR) is 115 cm³/mol. The molecule has 2 fully saturated rings. The molecule has 0 radical (unpaired) electrons. The van der Waals surface area contributed by atoms with Crippen LogP contribution in [0.15, 0.2) is 42.7 Å². The highest BCUT2D eigenvalue weighted by atomic mass is 16.5. The lowest BCUT2D eigenvalue weighted by molar-refractivity contribution is -0.0421. The Bertz CT molecular complexity index is 1020. The van der Waals surface area contributed by atoms with Gasteiger partial charge >= 0.3 is 0 Å². The van der Waals surface area contributed by atoms with Gasteiger partial charge in [-0.05, 0) is 66.7 Å². The van der Waals surface area contributed by atoms with E-state index in [1.807, 2.05) is 24.3 Å². The van der Waals surface area contributed by atoms with E-state index >= 15 is 0 Å². The number of rotatable bonds is 4. The zero-order valence-electron chi connectivity index (χ0n) is 17.6. The molecule has 2 saturated carbocycles. The van der Waals surface area contributed by atoms with E-state index in [1.165, 1.54) is 25.7 Å². The normalized spacial score (nSPS) is 28.3.